The Bertz CT molecular complexity index is 294. The van der Waals surface area contributed by atoms with Crippen LogP contribution in [0.4, 0.5) is 0 Å². The van der Waals surface area contributed by atoms with Crippen molar-refractivity contribution in [2.24, 2.45) is 0 Å². The van der Waals surface area contributed by atoms with Gasteiger partial charge in [-0.05, 0) is 24.8 Å². The number of hydrogen-bond donors (Lipinski definition) is 2. The Morgan fingerprint density at radius 3 is 2.31 bits per heavy atom. The molecule has 0 unspecified atom stereocenters. The monoisotopic (exact) mass is 176 g/mol. The van der Waals surface area contributed by atoms with Gasteiger partial charge in [-0.2, -0.15) is 0 Å². The Kier molecular flexibility index (Phi) is 2.14. The third-order valence-corrected chi connectivity index (χ3v) is 2.73. The van der Waals surface area contributed by atoms with Gasteiger partial charge in [0.05, 0.1) is 0 Å². The standard InChI is InChI=1S/C10H13BO2/c1-7-2-4-8(5-3-7)9-6-10(9)11(12)13/h2-5,9-10,12-13H,6H2,1H3/t9-,10+/m0/s1. The second-order valence-electron chi connectivity index (χ2n) is 3.83. The van der Waals surface area contributed by atoms with Crippen molar-refractivity contribution in [2.45, 2.75) is 25.1 Å². The molecule has 0 aliphatic heterocycles. The maximum atomic E-state index is 8.93. The van der Waals surface area contributed by atoms with Gasteiger partial charge in [-0.25, -0.2) is 0 Å². The SMILES string of the molecule is Cc1ccc([C@@H]2C[C@H]2B(O)O)cc1. The molecule has 0 radical (unpaired) electrons. The van der Waals surface area contributed by atoms with E-state index >= 15 is 0 Å². The van der Waals surface area contributed by atoms with Crippen LogP contribution in [0.1, 0.15) is 23.5 Å². The van der Waals surface area contributed by atoms with E-state index in [1.807, 2.05) is 0 Å². The second kappa shape index (κ2) is 3.16. The van der Waals surface area contributed by atoms with Gasteiger partial charge in [0.25, 0.3) is 0 Å². The summed E-state index contributed by atoms with van der Waals surface area (Å²) in [6, 6.07) is 8.27. The highest BCUT2D eigenvalue weighted by Gasteiger charge is 2.45. The quantitative estimate of drug-likeness (QED) is 0.667. The molecule has 1 aromatic rings. The van der Waals surface area contributed by atoms with E-state index in [4.69, 9.17) is 10.0 Å². The smallest absolute Gasteiger partial charge is 0.427 e. The highest BCUT2D eigenvalue weighted by molar-refractivity contribution is 6.44. The summed E-state index contributed by atoms with van der Waals surface area (Å²) in [5, 5.41) is 17.9. The highest BCUT2D eigenvalue weighted by Crippen LogP contribution is 2.53. The third kappa shape index (κ3) is 1.76. The van der Waals surface area contributed by atoms with Crippen molar-refractivity contribution in [3.05, 3.63) is 35.4 Å². The van der Waals surface area contributed by atoms with E-state index in [9.17, 15) is 0 Å². The van der Waals surface area contributed by atoms with Gasteiger partial charge >= 0.3 is 7.12 Å². The molecular formula is C10H13BO2. The maximum absolute atomic E-state index is 8.93. The lowest BCUT2D eigenvalue weighted by Gasteiger charge is -2.00. The van der Waals surface area contributed by atoms with E-state index in [2.05, 4.69) is 31.2 Å². The zero-order valence-corrected chi connectivity index (χ0v) is 7.64. The number of aryl methyl sites for hydroxylation is 1. The van der Waals surface area contributed by atoms with Gasteiger partial charge in [0.15, 0.2) is 0 Å². The lowest BCUT2D eigenvalue weighted by atomic mass is 9.81. The molecule has 0 aromatic heterocycles. The van der Waals surface area contributed by atoms with Crippen LogP contribution in [0.5, 0.6) is 0 Å². The number of benzene rings is 1. The van der Waals surface area contributed by atoms with Crippen LogP contribution >= 0.6 is 0 Å². The van der Waals surface area contributed by atoms with E-state index in [-0.39, 0.29) is 5.82 Å². The molecular weight excluding hydrogens is 163 g/mol. The van der Waals surface area contributed by atoms with Gasteiger partial charge in [0.1, 0.15) is 0 Å². The Morgan fingerprint density at radius 1 is 1.23 bits per heavy atom. The first-order valence-electron chi connectivity index (χ1n) is 4.61. The van der Waals surface area contributed by atoms with Crippen molar-refractivity contribution in [3.63, 3.8) is 0 Å². The predicted octanol–water partition coefficient (Wildman–Crippen LogP) is 1.33. The molecule has 0 bridgehead atoms. The molecule has 0 amide bonds. The fourth-order valence-corrected chi connectivity index (χ4v) is 1.74. The van der Waals surface area contributed by atoms with Crippen molar-refractivity contribution in [3.8, 4) is 0 Å². The summed E-state index contributed by atoms with van der Waals surface area (Å²) < 4.78 is 0. The molecule has 1 aliphatic carbocycles. The molecule has 13 heavy (non-hydrogen) atoms. The van der Waals surface area contributed by atoms with Gasteiger partial charge in [-0.3, -0.25) is 0 Å². The van der Waals surface area contributed by atoms with Gasteiger partial charge in [0.2, 0.25) is 0 Å². The molecule has 1 fully saturated rings. The topological polar surface area (TPSA) is 40.5 Å². The first kappa shape index (κ1) is 8.79. The summed E-state index contributed by atoms with van der Waals surface area (Å²) in [6.45, 7) is 2.05. The number of hydrogen-bond acceptors (Lipinski definition) is 2. The van der Waals surface area contributed by atoms with Crippen molar-refractivity contribution in [2.75, 3.05) is 0 Å². The Labute approximate surface area is 78.4 Å². The largest absolute Gasteiger partial charge is 0.455 e. The number of rotatable bonds is 2. The first-order valence-corrected chi connectivity index (χ1v) is 4.61. The molecule has 1 saturated carbocycles. The minimum atomic E-state index is -1.15. The fourth-order valence-electron chi connectivity index (χ4n) is 1.74. The van der Waals surface area contributed by atoms with E-state index in [0.717, 1.165) is 6.42 Å². The Balaban J connectivity index is 2.08. The van der Waals surface area contributed by atoms with Crippen LogP contribution in [-0.2, 0) is 0 Å². The summed E-state index contributed by atoms with van der Waals surface area (Å²) in [5.41, 5.74) is 2.47. The summed E-state index contributed by atoms with van der Waals surface area (Å²) in [5.74, 6) is 0.420. The third-order valence-electron chi connectivity index (χ3n) is 2.73. The van der Waals surface area contributed by atoms with Crippen molar-refractivity contribution < 1.29 is 10.0 Å². The van der Waals surface area contributed by atoms with Crippen LogP contribution in [0.15, 0.2) is 24.3 Å². The first-order chi connectivity index (χ1) is 6.18. The van der Waals surface area contributed by atoms with Crippen molar-refractivity contribution in [1.82, 2.24) is 0 Å². The maximum Gasteiger partial charge on any atom is 0.455 e. The normalized spacial score (nSPS) is 25.8. The van der Waals surface area contributed by atoms with Crippen LogP contribution < -0.4 is 0 Å². The van der Waals surface area contributed by atoms with Crippen LogP contribution in [0, 0.1) is 6.92 Å². The van der Waals surface area contributed by atoms with Crippen LogP contribution in [0.3, 0.4) is 0 Å². The predicted molar refractivity (Wildman–Crippen MR) is 52.5 cm³/mol. The Hall–Kier alpha value is -0.795. The van der Waals surface area contributed by atoms with Crippen molar-refractivity contribution in [1.29, 1.82) is 0 Å². The lowest BCUT2D eigenvalue weighted by Crippen LogP contribution is -2.11. The molecule has 0 heterocycles. The van der Waals surface area contributed by atoms with Gasteiger partial charge in [-0.15, -0.1) is 0 Å². The van der Waals surface area contributed by atoms with Crippen LogP contribution in [0.25, 0.3) is 0 Å². The van der Waals surface area contributed by atoms with Crippen LogP contribution in [0.2, 0.25) is 5.82 Å². The second-order valence-corrected chi connectivity index (χ2v) is 3.83. The van der Waals surface area contributed by atoms with E-state index < -0.39 is 7.12 Å². The van der Waals surface area contributed by atoms with Gasteiger partial charge in [0, 0.05) is 5.82 Å². The fraction of sp³-hybridized carbons (Fsp3) is 0.400. The molecule has 2 rings (SSSR count). The minimum absolute atomic E-state index is 0.0581. The summed E-state index contributed by atoms with van der Waals surface area (Å²) in [7, 11) is -1.15. The molecule has 2 atom stereocenters. The molecule has 3 heteroatoms. The Morgan fingerprint density at radius 2 is 1.85 bits per heavy atom. The molecule has 2 N–H and O–H groups in total. The van der Waals surface area contributed by atoms with E-state index in [1.165, 1.54) is 11.1 Å². The average Bonchev–Trinajstić information content (AvgIpc) is 2.85. The summed E-state index contributed by atoms with van der Waals surface area (Å²) >= 11 is 0. The zero-order valence-electron chi connectivity index (χ0n) is 7.64. The molecule has 2 nitrogen and oxygen atoms in total. The zero-order chi connectivity index (χ0) is 9.42. The molecule has 68 valence electrons. The molecule has 1 aromatic carbocycles. The summed E-state index contributed by atoms with van der Waals surface area (Å²) in [4.78, 5) is 0. The average molecular weight is 176 g/mol. The lowest BCUT2D eigenvalue weighted by molar-refractivity contribution is 0.402. The molecule has 0 saturated heterocycles. The van der Waals surface area contributed by atoms with E-state index in [1.54, 1.807) is 0 Å². The minimum Gasteiger partial charge on any atom is -0.427 e. The van der Waals surface area contributed by atoms with Crippen LogP contribution in [-0.4, -0.2) is 17.2 Å². The molecule has 1 aliphatic rings. The van der Waals surface area contributed by atoms with Gasteiger partial charge in [-0.1, -0.05) is 29.8 Å². The summed E-state index contributed by atoms with van der Waals surface area (Å²) in [6.07, 6.45) is 0.903. The van der Waals surface area contributed by atoms with Gasteiger partial charge < -0.3 is 10.0 Å². The molecule has 0 spiro atoms. The highest BCUT2D eigenvalue weighted by atomic mass is 16.4. The van der Waals surface area contributed by atoms with Crippen molar-refractivity contribution >= 4 is 7.12 Å². The van der Waals surface area contributed by atoms with E-state index in [0.29, 0.717) is 5.92 Å².